The van der Waals surface area contributed by atoms with Crippen molar-refractivity contribution in [3.63, 3.8) is 0 Å². The average Bonchev–Trinajstić information content (AvgIpc) is 3.56. The van der Waals surface area contributed by atoms with Crippen molar-refractivity contribution in [1.29, 1.82) is 0 Å². The summed E-state index contributed by atoms with van der Waals surface area (Å²) in [5.74, 6) is -3.37. The molecule has 3 fully saturated rings. The first-order valence-corrected chi connectivity index (χ1v) is 15.2. The third-order valence-electron chi connectivity index (χ3n) is 11.3. The zero-order chi connectivity index (χ0) is 32.2. The van der Waals surface area contributed by atoms with Crippen LogP contribution in [0.4, 0.5) is 4.39 Å². The largest absolute Gasteiger partial charge is 0.456 e. The number of aliphatic hydroxyl groups is 1. The number of carbonyl (C=O) groups excluding carboxylic acids is 4. The van der Waals surface area contributed by atoms with E-state index in [-0.39, 0.29) is 30.5 Å². The summed E-state index contributed by atoms with van der Waals surface area (Å²) >= 11 is 0. The number of aromatic nitrogens is 2. The minimum Gasteiger partial charge on any atom is -0.456 e. The summed E-state index contributed by atoms with van der Waals surface area (Å²) in [6, 6.07) is -2.01. The van der Waals surface area contributed by atoms with Gasteiger partial charge in [-0.3, -0.25) is 14.4 Å². The van der Waals surface area contributed by atoms with E-state index in [1.54, 1.807) is 13.0 Å². The number of ketones is 2. The second-order valence-corrected chi connectivity index (χ2v) is 13.5. The lowest BCUT2D eigenvalue weighted by Gasteiger charge is -2.63. The minimum absolute atomic E-state index is 0.0405. The van der Waals surface area contributed by atoms with Gasteiger partial charge in [-0.15, -0.1) is 0 Å². The maximum atomic E-state index is 17.5. The van der Waals surface area contributed by atoms with Crippen LogP contribution in [0, 0.1) is 28.6 Å². The van der Waals surface area contributed by atoms with Crippen molar-refractivity contribution in [3.8, 4) is 0 Å². The van der Waals surface area contributed by atoms with Gasteiger partial charge in [-0.1, -0.05) is 25.5 Å². The predicted molar refractivity (Wildman–Crippen MR) is 156 cm³/mol. The molecule has 5 N–H and O–H groups in total. The minimum atomic E-state index is -2.05. The number of amides is 1. The molecule has 11 nitrogen and oxygen atoms in total. The van der Waals surface area contributed by atoms with Crippen LogP contribution in [0.3, 0.4) is 0 Å². The number of methoxy groups -OCH3 is 1. The molecule has 44 heavy (non-hydrogen) atoms. The average molecular weight is 615 g/mol. The highest BCUT2D eigenvalue weighted by Crippen LogP contribution is 2.71. The number of aromatic amines is 1. The van der Waals surface area contributed by atoms with E-state index in [1.165, 1.54) is 38.7 Å². The number of fused-ring (bicyclic) bond motifs is 5. The number of aliphatic hydroxyl groups excluding tert-OH is 1. The molecule has 5 rings (SSSR count). The van der Waals surface area contributed by atoms with E-state index in [1.807, 2.05) is 13.8 Å². The third-order valence-corrected chi connectivity index (χ3v) is 11.3. The van der Waals surface area contributed by atoms with Crippen molar-refractivity contribution in [2.24, 2.45) is 34.3 Å². The molecular formula is C32H43FN4O7. The summed E-state index contributed by atoms with van der Waals surface area (Å²) in [7, 11) is 1.43. The first kappa shape index (κ1) is 32.2. The molecule has 0 saturated heterocycles. The number of nitrogens with zero attached hydrogens (tertiary/aromatic N) is 1. The van der Waals surface area contributed by atoms with Crippen LogP contribution in [0.25, 0.3) is 0 Å². The number of carbonyl (C=O) groups is 4. The third kappa shape index (κ3) is 4.59. The Morgan fingerprint density at radius 3 is 2.66 bits per heavy atom. The summed E-state index contributed by atoms with van der Waals surface area (Å²) in [5.41, 5.74) is 1.29. The van der Waals surface area contributed by atoms with Crippen LogP contribution in [-0.2, 0) is 35.1 Å². The van der Waals surface area contributed by atoms with Crippen LogP contribution in [0.15, 0.2) is 36.3 Å². The topological polar surface area (TPSA) is 174 Å². The maximum absolute atomic E-state index is 17.5. The lowest BCUT2D eigenvalue weighted by Crippen LogP contribution is -2.69. The fraction of sp³-hybridized carbons (Fsp3) is 0.656. The van der Waals surface area contributed by atoms with Crippen molar-refractivity contribution in [2.75, 3.05) is 13.7 Å². The highest BCUT2D eigenvalue weighted by atomic mass is 19.1. The zero-order valence-corrected chi connectivity index (χ0v) is 25.9. The first-order chi connectivity index (χ1) is 20.7. The Kier molecular flexibility index (Phi) is 8.26. The van der Waals surface area contributed by atoms with Crippen molar-refractivity contribution in [3.05, 3.63) is 42.0 Å². The number of hydrogen-bond donors (Lipinski definition) is 4. The molecule has 0 spiro atoms. The van der Waals surface area contributed by atoms with Crippen LogP contribution in [0.1, 0.15) is 59.1 Å². The summed E-state index contributed by atoms with van der Waals surface area (Å²) in [4.78, 5) is 58.7. The van der Waals surface area contributed by atoms with Gasteiger partial charge >= 0.3 is 5.97 Å². The van der Waals surface area contributed by atoms with Gasteiger partial charge in [0.2, 0.25) is 11.7 Å². The van der Waals surface area contributed by atoms with Gasteiger partial charge in [0, 0.05) is 42.2 Å². The van der Waals surface area contributed by atoms with Crippen LogP contribution >= 0.6 is 0 Å². The molecule has 4 aliphatic rings. The standard InChI is InChI=1S/C32H43FN4O7/c1-17-10-23-22-7-6-19-11-21(38)8-9-29(19,3)31(22,33)25(39)13-30(23,4)32(17,43-5)26(40)15-44-28(42)24(37-27(41)18(2)34)12-20-14-35-16-36-20/h8-9,11,14,16-18,22-25,39H,6-7,10,12-13,15,34H2,1-5H3,(H,35,36)(H,37,41)/t17-,18?,22+,23+,24?,25+,29+,30+,31+,32+/m1/s1. The predicted octanol–water partition coefficient (Wildman–Crippen LogP) is 1.90. The summed E-state index contributed by atoms with van der Waals surface area (Å²) in [5, 5.41) is 14.2. The van der Waals surface area contributed by atoms with Gasteiger partial charge in [-0.05, 0) is 63.5 Å². The smallest absolute Gasteiger partial charge is 0.329 e. The highest BCUT2D eigenvalue weighted by Gasteiger charge is 2.76. The van der Waals surface area contributed by atoms with Gasteiger partial charge < -0.3 is 30.6 Å². The van der Waals surface area contributed by atoms with Crippen LogP contribution in [0.2, 0.25) is 0 Å². The Morgan fingerprint density at radius 1 is 1.30 bits per heavy atom. The number of rotatable bonds is 9. The molecule has 2 unspecified atom stereocenters. The van der Waals surface area contributed by atoms with Crippen LogP contribution < -0.4 is 11.1 Å². The molecule has 10 atom stereocenters. The van der Waals surface area contributed by atoms with E-state index in [2.05, 4.69) is 15.3 Å². The number of ether oxygens (including phenoxy) is 2. The quantitative estimate of drug-likeness (QED) is 0.303. The molecule has 240 valence electrons. The molecule has 0 bridgehead atoms. The van der Waals surface area contributed by atoms with Gasteiger partial charge in [0.05, 0.1) is 18.5 Å². The van der Waals surface area contributed by atoms with E-state index in [9.17, 15) is 24.3 Å². The lowest BCUT2D eigenvalue weighted by molar-refractivity contribution is -0.224. The molecule has 1 heterocycles. The van der Waals surface area contributed by atoms with Gasteiger partial charge in [0.25, 0.3) is 0 Å². The summed E-state index contributed by atoms with van der Waals surface area (Å²) in [6.45, 7) is 6.33. The van der Waals surface area contributed by atoms with Crippen LogP contribution in [-0.4, -0.2) is 81.7 Å². The second-order valence-electron chi connectivity index (χ2n) is 13.5. The molecule has 1 aromatic heterocycles. The summed E-state index contributed by atoms with van der Waals surface area (Å²) < 4.78 is 29.1. The Balaban J connectivity index is 1.40. The van der Waals surface area contributed by atoms with Gasteiger partial charge in [0.1, 0.15) is 11.6 Å². The Morgan fingerprint density at radius 2 is 2.02 bits per heavy atom. The van der Waals surface area contributed by atoms with Gasteiger partial charge in [-0.2, -0.15) is 0 Å². The molecule has 0 aromatic carbocycles. The number of Topliss-reactive ketones (excluding diaryl/α,β-unsaturated/α-hetero) is 1. The molecule has 0 radical (unpaired) electrons. The molecule has 1 aromatic rings. The number of H-pyrrole nitrogens is 1. The van der Waals surface area contributed by atoms with Crippen molar-refractivity contribution >= 4 is 23.4 Å². The van der Waals surface area contributed by atoms with Crippen LogP contribution in [0.5, 0.6) is 0 Å². The molecular weight excluding hydrogens is 571 g/mol. The highest BCUT2D eigenvalue weighted by molar-refractivity contribution is 6.01. The van der Waals surface area contributed by atoms with Crippen molar-refractivity contribution in [1.82, 2.24) is 15.3 Å². The fourth-order valence-electron chi connectivity index (χ4n) is 9.13. The number of alkyl halides is 1. The molecule has 1 amide bonds. The SMILES string of the molecule is CO[C@]1(C(=O)COC(=O)C(Cc2cnc[nH]2)NC(=O)C(C)N)[C@H](C)C[C@H]2[C@@H]3CCC4=CC(=O)C=C[C@]4(C)[C@@]3(F)[C@@H](O)C[C@@]21C. The van der Waals surface area contributed by atoms with E-state index in [4.69, 9.17) is 15.2 Å². The number of allylic oxidation sites excluding steroid dienone is 4. The number of halogens is 1. The van der Waals surface area contributed by atoms with Gasteiger partial charge in [-0.25, -0.2) is 14.2 Å². The Hall–Kier alpha value is -3.22. The molecule has 0 aliphatic heterocycles. The fourth-order valence-corrected chi connectivity index (χ4v) is 9.13. The van der Waals surface area contributed by atoms with E-state index >= 15 is 4.39 Å². The molecule has 4 aliphatic carbocycles. The van der Waals surface area contributed by atoms with E-state index in [0.717, 1.165) is 0 Å². The van der Waals surface area contributed by atoms with E-state index in [0.29, 0.717) is 30.5 Å². The number of nitrogens with two attached hydrogens (primary N) is 1. The zero-order valence-electron chi connectivity index (χ0n) is 25.9. The number of esters is 1. The monoisotopic (exact) mass is 614 g/mol. The number of hydrogen-bond acceptors (Lipinski definition) is 9. The normalized spacial score (nSPS) is 38.9. The van der Waals surface area contributed by atoms with Crippen molar-refractivity contribution in [2.45, 2.75) is 89.3 Å². The second kappa shape index (κ2) is 11.3. The lowest BCUT2D eigenvalue weighted by atomic mass is 9.44. The maximum Gasteiger partial charge on any atom is 0.329 e. The summed E-state index contributed by atoms with van der Waals surface area (Å²) in [6.07, 6.45) is 7.34. The Labute approximate surface area is 256 Å². The molecule has 3 saturated carbocycles. The van der Waals surface area contributed by atoms with Gasteiger partial charge in [0.15, 0.2) is 18.1 Å². The number of nitrogens with one attached hydrogen (secondary N) is 2. The van der Waals surface area contributed by atoms with E-state index < -0.39 is 70.5 Å². The van der Waals surface area contributed by atoms with Crippen molar-refractivity contribution < 1.29 is 38.1 Å². The Bertz CT molecular complexity index is 1390. The number of imidazole rings is 1. The first-order valence-electron chi connectivity index (χ1n) is 15.2. The molecule has 12 heteroatoms.